The molecular formula is C16H24O. The molecule has 0 aromatic carbocycles. The van der Waals surface area contributed by atoms with Crippen molar-refractivity contribution in [1.29, 1.82) is 0 Å². The summed E-state index contributed by atoms with van der Waals surface area (Å²) in [6.07, 6.45) is 18.2. The molecule has 1 nitrogen and oxygen atoms in total. The van der Waals surface area contributed by atoms with Gasteiger partial charge in [0.05, 0.1) is 12.7 Å². The van der Waals surface area contributed by atoms with Crippen LogP contribution in [-0.4, -0.2) is 12.7 Å². The molecule has 17 heavy (non-hydrogen) atoms. The van der Waals surface area contributed by atoms with E-state index in [1.54, 1.807) is 0 Å². The van der Waals surface area contributed by atoms with E-state index in [0.717, 1.165) is 6.61 Å². The Morgan fingerprint density at radius 2 is 2.12 bits per heavy atom. The van der Waals surface area contributed by atoms with Gasteiger partial charge in [-0.3, -0.25) is 0 Å². The van der Waals surface area contributed by atoms with Gasteiger partial charge in [0.1, 0.15) is 0 Å². The molecule has 2 aliphatic rings. The average molecular weight is 232 g/mol. The minimum atomic E-state index is 0.352. The van der Waals surface area contributed by atoms with Crippen LogP contribution in [0.5, 0.6) is 0 Å². The lowest BCUT2D eigenvalue weighted by molar-refractivity contribution is 0.106. The maximum Gasteiger partial charge on any atom is 0.0762 e. The summed E-state index contributed by atoms with van der Waals surface area (Å²) >= 11 is 0. The molecule has 1 saturated heterocycles. The van der Waals surface area contributed by atoms with Crippen molar-refractivity contribution in [3.8, 4) is 0 Å². The van der Waals surface area contributed by atoms with Gasteiger partial charge in [-0.25, -0.2) is 0 Å². The van der Waals surface area contributed by atoms with Gasteiger partial charge in [-0.05, 0) is 57.4 Å². The Bertz CT molecular complexity index is 322. The fourth-order valence-corrected chi connectivity index (χ4v) is 2.53. The Balaban J connectivity index is 2.09. The smallest absolute Gasteiger partial charge is 0.0762 e. The fourth-order valence-electron chi connectivity index (χ4n) is 2.53. The summed E-state index contributed by atoms with van der Waals surface area (Å²) in [5.74, 6) is 0. The van der Waals surface area contributed by atoms with Gasteiger partial charge in [0.25, 0.3) is 0 Å². The van der Waals surface area contributed by atoms with E-state index in [1.807, 2.05) is 0 Å². The molecule has 1 unspecified atom stereocenters. The number of allylic oxidation sites excluding steroid dienone is 4. The van der Waals surface area contributed by atoms with Gasteiger partial charge in [-0.1, -0.05) is 29.9 Å². The second kappa shape index (κ2) is 6.80. The number of fused-ring (bicyclic) bond motifs is 3. The van der Waals surface area contributed by atoms with Crippen molar-refractivity contribution in [1.82, 2.24) is 0 Å². The quantitative estimate of drug-likeness (QED) is 0.556. The van der Waals surface area contributed by atoms with Crippen LogP contribution in [0.15, 0.2) is 35.5 Å². The molecule has 0 amide bonds. The first kappa shape index (κ1) is 12.6. The van der Waals surface area contributed by atoms with Crippen LogP contribution in [0.2, 0.25) is 0 Å². The van der Waals surface area contributed by atoms with Crippen LogP contribution in [0, 0.1) is 0 Å². The van der Waals surface area contributed by atoms with E-state index in [2.05, 4.69) is 31.2 Å². The van der Waals surface area contributed by atoms with Crippen molar-refractivity contribution in [2.24, 2.45) is 0 Å². The molecule has 0 aliphatic carbocycles. The zero-order valence-electron chi connectivity index (χ0n) is 11.0. The van der Waals surface area contributed by atoms with Crippen LogP contribution in [0.1, 0.15) is 51.9 Å². The van der Waals surface area contributed by atoms with E-state index >= 15 is 0 Å². The summed E-state index contributed by atoms with van der Waals surface area (Å²) in [4.78, 5) is 0. The molecule has 1 atom stereocenters. The first-order chi connectivity index (χ1) is 8.34. The molecule has 1 fully saturated rings. The predicted octanol–water partition coefficient (Wildman–Crippen LogP) is 4.56. The van der Waals surface area contributed by atoms with Crippen LogP contribution >= 0.6 is 0 Å². The van der Waals surface area contributed by atoms with E-state index < -0.39 is 0 Å². The van der Waals surface area contributed by atoms with Crippen LogP contribution in [0.4, 0.5) is 0 Å². The van der Waals surface area contributed by atoms with Crippen molar-refractivity contribution < 1.29 is 4.74 Å². The highest BCUT2D eigenvalue weighted by molar-refractivity contribution is 5.15. The number of hydrogen-bond donors (Lipinski definition) is 0. The summed E-state index contributed by atoms with van der Waals surface area (Å²) < 4.78 is 5.97. The van der Waals surface area contributed by atoms with Gasteiger partial charge in [0, 0.05) is 0 Å². The fraction of sp³-hybridized carbons (Fsp3) is 0.625. The van der Waals surface area contributed by atoms with Crippen molar-refractivity contribution in [2.75, 3.05) is 6.61 Å². The Hall–Kier alpha value is -0.820. The van der Waals surface area contributed by atoms with Gasteiger partial charge < -0.3 is 4.74 Å². The maximum absolute atomic E-state index is 5.97. The molecule has 0 aromatic rings. The lowest BCUT2D eigenvalue weighted by atomic mass is 10.0. The summed E-state index contributed by atoms with van der Waals surface area (Å²) in [6.45, 7) is 3.07. The van der Waals surface area contributed by atoms with Gasteiger partial charge in [0.15, 0.2) is 0 Å². The number of ether oxygens (including phenoxy) is 1. The summed E-state index contributed by atoms with van der Waals surface area (Å²) in [5, 5.41) is 0. The highest BCUT2D eigenvalue weighted by Gasteiger charge is 2.12. The lowest BCUT2D eigenvalue weighted by Gasteiger charge is -2.12. The first-order valence-corrected chi connectivity index (χ1v) is 6.98. The third-order valence-corrected chi connectivity index (χ3v) is 3.60. The SMILES string of the molecule is C/C1=C/C2CCC/C(=C/C=C/CCCC1)CO2. The van der Waals surface area contributed by atoms with E-state index in [0.29, 0.717) is 6.10 Å². The zero-order valence-corrected chi connectivity index (χ0v) is 11.0. The molecule has 0 spiro atoms. The Labute approximate surface area is 105 Å². The summed E-state index contributed by atoms with van der Waals surface area (Å²) in [5.41, 5.74) is 2.96. The van der Waals surface area contributed by atoms with Crippen molar-refractivity contribution in [3.05, 3.63) is 35.5 Å². The number of rotatable bonds is 0. The van der Waals surface area contributed by atoms with Gasteiger partial charge in [-0.2, -0.15) is 0 Å². The molecule has 94 valence electrons. The molecule has 0 radical (unpaired) electrons. The molecule has 2 aliphatic heterocycles. The molecule has 2 rings (SSSR count). The van der Waals surface area contributed by atoms with Crippen LogP contribution in [0.3, 0.4) is 0 Å². The van der Waals surface area contributed by atoms with Gasteiger partial charge in [0.2, 0.25) is 0 Å². The van der Waals surface area contributed by atoms with E-state index in [-0.39, 0.29) is 0 Å². The molecule has 0 N–H and O–H groups in total. The third kappa shape index (κ3) is 4.51. The predicted molar refractivity (Wildman–Crippen MR) is 73.0 cm³/mol. The largest absolute Gasteiger partial charge is 0.370 e. The Kier molecular flexibility index (Phi) is 5.06. The maximum atomic E-state index is 5.97. The second-order valence-corrected chi connectivity index (χ2v) is 5.25. The van der Waals surface area contributed by atoms with Crippen molar-refractivity contribution in [2.45, 2.75) is 58.0 Å². The van der Waals surface area contributed by atoms with Crippen LogP contribution < -0.4 is 0 Å². The molecule has 0 saturated carbocycles. The van der Waals surface area contributed by atoms with Crippen LogP contribution in [0.25, 0.3) is 0 Å². The highest BCUT2D eigenvalue weighted by Crippen LogP contribution is 2.21. The molecule has 2 bridgehead atoms. The first-order valence-electron chi connectivity index (χ1n) is 6.98. The van der Waals surface area contributed by atoms with E-state index in [4.69, 9.17) is 4.74 Å². The molecule has 0 aromatic heterocycles. The lowest BCUT2D eigenvalue weighted by Crippen LogP contribution is -2.09. The van der Waals surface area contributed by atoms with Crippen molar-refractivity contribution in [3.63, 3.8) is 0 Å². The van der Waals surface area contributed by atoms with E-state index in [1.165, 1.54) is 56.1 Å². The summed E-state index contributed by atoms with van der Waals surface area (Å²) in [6, 6.07) is 0. The zero-order chi connectivity index (χ0) is 11.9. The minimum absolute atomic E-state index is 0.352. The third-order valence-electron chi connectivity index (χ3n) is 3.60. The highest BCUT2D eigenvalue weighted by atomic mass is 16.5. The van der Waals surface area contributed by atoms with Gasteiger partial charge >= 0.3 is 0 Å². The van der Waals surface area contributed by atoms with Crippen LogP contribution in [-0.2, 0) is 4.74 Å². The normalized spacial score (nSPS) is 35.2. The topological polar surface area (TPSA) is 9.23 Å². The molecule has 1 heteroatoms. The average Bonchev–Trinajstić information content (AvgIpc) is 2.52. The number of hydrogen-bond acceptors (Lipinski definition) is 1. The second-order valence-electron chi connectivity index (χ2n) is 5.25. The summed E-state index contributed by atoms with van der Waals surface area (Å²) in [7, 11) is 0. The standard InChI is InChI=1S/C16H24O/c1-14-8-5-3-2-4-6-9-15-10-7-11-16(12-14)17-13-15/h4,6,9,12,16H,2-3,5,7-8,10-11,13H2,1H3/b6-4+,14-12-,15-9-. The van der Waals surface area contributed by atoms with Crippen molar-refractivity contribution >= 4 is 0 Å². The Morgan fingerprint density at radius 3 is 3.06 bits per heavy atom. The molecular weight excluding hydrogens is 208 g/mol. The van der Waals surface area contributed by atoms with E-state index in [9.17, 15) is 0 Å². The monoisotopic (exact) mass is 232 g/mol. The van der Waals surface area contributed by atoms with Gasteiger partial charge in [-0.15, -0.1) is 0 Å². The Morgan fingerprint density at radius 1 is 1.18 bits per heavy atom. The minimum Gasteiger partial charge on any atom is -0.370 e. The molecule has 2 heterocycles.